The molecule has 182 valence electrons. The lowest BCUT2D eigenvalue weighted by atomic mass is 9.77. The molecule has 1 aliphatic rings. The predicted molar refractivity (Wildman–Crippen MR) is 114 cm³/mol. The second-order valence-corrected chi connectivity index (χ2v) is 8.49. The lowest BCUT2D eigenvalue weighted by Gasteiger charge is -2.32. The molecule has 2 atom stereocenters. The summed E-state index contributed by atoms with van der Waals surface area (Å²) < 4.78 is 86.3. The topological polar surface area (TPSA) is 18.5 Å². The van der Waals surface area contributed by atoms with Crippen LogP contribution < -0.4 is 4.74 Å². The molecule has 0 aliphatic heterocycles. The number of hydrogen-bond acceptors (Lipinski definition) is 2. The number of benzene rings is 2. The van der Waals surface area contributed by atoms with Gasteiger partial charge in [-0.05, 0) is 80.2 Å². The Bertz CT molecular complexity index is 871. The third kappa shape index (κ3) is 6.43. The fraction of sp³-hybridized carbons (Fsp3) is 0.520. The van der Waals surface area contributed by atoms with Gasteiger partial charge in [-0.3, -0.25) is 0 Å². The van der Waals surface area contributed by atoms with Gasteiger partial charge in [0.25, 0.3) is 6.17 Å². The summed E-state index contributed by atoms with van der Waals surface area (Å²) >= 11 is 0. The van der Waals surface area contributed by atoms with Crippen molar-refractivity contribution >= 4 is 0 Å². The van der Waals surface area contributed by atoms with E-state index in [2.05, 4.69) is 11.7 Å². The highest BCUT2D eigenvalue weighted by Gasteiger charge is 2.59. The fourth-order valence-electron chi connectivity index (χ4n) is 4.38. The van der Waals surface area contributed by atoms with Crippen molar-refractivity contribution in [3.05, 3.63) is 54.1 Å². The maximum atomic E-state index is 13.4. The third-order valence-electron chi connectivity index (χ3n) is 6.27. The predicted octanol–water partition coefficient (Wildman–Crippen LogP) is 7.92. The normalized spacial score (nSPS) is 21.5. The van der Waals surface area contributed by atoms with Crippen molar-refractivity contribution < 1.29 is 35.8 Å². The van der Waals surface area contributed by atoms with Gasteiger partial charge in [-0.15, -0.1) is 0 Å². The molecule has 0 saturated heterocycles. The quantitative estimate of drug-likeness (QED) is 0.362. The van der Waals surface area contributed by atoms with Crippen molar-refractivity contribution in [2.24, 2.45) is 5.92 Å². The van der Waals surface area contributed by atoms with Crippen LogP contribution in [0.25, 0.3) is 11.1 Å². The molecular formula is C25H28F6O2. The Morgan fingerprint density at radius 1 is 0.848 bits per heavy atom. The molecule has 0 bridgehead atoms. The Morgan fingerprint density at radius 2 is 1.36 bits per heavy atom. The van der Waals surface area contributed by atoms with E-state index in [9.17, 15) is 26.3 Å². The fourth-order valence-corrected chi connectivity index (χ4v) is 4.38. The van der Waals surface area contributed by atoms with Crippen molar-refractivity contribution in [1.82, 2.24) is 0 Å². The van der Waals surface area contributed by atoms with Crippen LogP contribution in [0.5, 0.6) is 5.75 Å². The van der Waals surface area contributed by atoms with Gasteiger partial charge in [-0.2, -0.15) is 22.0 Å². The molecule has 0 radical (unpaired) electrons. The SMILES string of the molecule is CCOC(C)C1CCC(c2ccc(-c3ccc(OC(F)(F)C(F)C(F)(F)F)cc3)cc2)CC1. The Labute approximate surface area is 189 Å². The van der Waals surface area contributed by atoms with Crippen molar-refractivity contribution in [3.63, 3.8) is 0 Å². The molecule has 3 rings (SSSR count). The summed E-state index contributed by atoms with van der Waals surface area (Å²) in [4.78, 5) is 0. The monoisotopic (exact) mass is 474 g/mol. The summed E-state index contributed by atoms with van der Waals surface area (Å²) in [7, 11) is 0. The summed E-state index contributed by atoms with van der Waals surface area (Å²) in [6, 6.07) is 13.0. The minimum absolute atomic E-state index is 0.273. The Kier molecular flexibility index (Phi) is 7.98. The van der Waals surface area contributed by atoms with E-state index in [-0.39, 0.29) is 6.10 Å². The first-order valence-corrected chi connectivity index (χ1v) is 11.1. The first-order chi connectivity index (χ1) is 15.5. The van der Waals surface area contributed by atoms with Gasteiger partial charge in [-0.1, -0.05) is 36.4 Å². The van der Waals surface area contributed by atoms with E-state index in [4.69, 9.17) is 4.74 Å². The highest BCUT2D eigenvalue weighted by atomic mass is 19.4. The number of alkyl halides is 6. The van der Waals surface area contributed by atoms with Crippen LogP contribution in [0.15, 0.2) is 48.5 Å². The van der Waals surface area contributed by atoms with E-state index in [1.807, 2.05) is 31.2 Å². The number of hydrogen-bond donors (Lipinski definition) is 0. The first kappa shape index (κ1) is 25.4. The molecule has 8 heteroatoms. The van der Waals surface area contributed by atoms with Crippen LogP contribution in [0, 0.1) is 5.92 Å². The van der Waals surface area contributed by atoms with Crippen molar-refractivity contribution in [2.75, 3.05) is 6.61 Å². The zero-order valence-corrected chi connectivity index (χ0v) is 18.5. The summed E-state index contributed by atoms with van der Waals surface area (Å²) in [5.41, 5.74) is 2.75. The Hall–Kier alpha value is -2.22. The van der Waals surface area contributed by atoms with Gasteiger partial charge in [0, 0.05) is 6.61 Å². The van der Waals surface area contributed by atoms with Crippen LogP contribution in [-0.4, -0.2) is 31.2 Å². The summed E-state index contributed by atoms with van der Waals surface area (Å²) in [5.74, 6) is 0.507. The maximum absolute atomic E-state index is 13.4. The lowest BCUT2D eigenvalue weighted by molar-refractivity contribution is -0.304. The van der Waals surface area contributed by atoms with Gasteiger partial charge in [0.2, 0.25) is 0 Å². The van der Waals surface area contributed by atoms with E-state index >= 15 is 0 Å². The van der Waals surface area contributed by atoms with Crippen LogP contribution in [-0.2, 0) is 4.74 Å². The first-order valence-electron chi connectivity index (χ1n) is 11.1. The molecule has 0 N–H and O–H groups in total. The molecule has 33 heavy (non-hydrogen) atoms. The van der Waals surface area contributed by atoms with Gasteiger partial charge < -0.3 is 9.47 Å². The third-order valence-corrected chi connectivity index (χ3v) is 6.27. The minimum atomic E-state index is -5.72. The molecule has 0 aromatic heterocycles. The zero-order valence-electron chi connectivity index (χ0n) is 18.5. The summed E-state index contributed by atoms with van der Waals surface area (Å²) in [6.07, 6.45) is -10.4. The van der Waals surface area contributed by atoms with Crippen molar-refractivity contribution in [2.45, 2.75) is 70.0 Å². The van der Waals surface area contributed by atoms with E-state index in [1.54, 1.807) is 0 Å². The van der Waals surface area contributed by atoms with Gasteiger partial charge in [0.15, 0.2) is 0 Å². The molecule has 1 saturated carbocycles. The molecule has 2 unspecified atom stereocenters. The van der Waals surface area contributed by atoms with Crippen LogP contribution in [0.1, 0.15) is 51.0 Å². The molecule has 2 aromatic carbocycles. The molecule has 0 amide bonds. The molecule has 0 heterocycles. The van der Waals surface area contributed by atoms with Gasteiger partial charge in [0.05, 0.1) is 6.10 Å². The van der Waals surface area contributed by atoms with Gasteiger partial charge >= 0.3 is 12.3 Å². The highest BCUT2D eigenvalue weighted by Crippen LogP contribution is 2.39. The maximum Gasteiger partial charge on any atom is 0.439 e. The number of halogens is 6. The van der Waals surface area contributed by atoms with E-state index in [0.717, 1.165) is 50.0 Å². The Morgan fingerprint density at radius 3 is 1.85 bits per heavy atom. The average molecular weight is 474 g/mol. The van der Waals surface area contributed by atoms with Crippen LogP contribution in [0.2, 0.25) is 0 Å². The zero-order chi connectivity index (χ0) is 24.2. The van der Waals surface area contributed by atoms with Gasteiger partial charge in [0.1, 0.15) is 5.75 Å². The lowest BCUT2D eigenvalue weighted by Crippen LogP contribution is -2.45. The van der Waals surface area contributed by atoms with Crippen LogP contribution in [0.3, 0.4) is 0 Å². The molecule has 2 nitrogen and oxygen atoms in total. The van der Waals surface area contributed by atoms with E-state index < -0.39 is 24.2 Å². The smallest absolute Gasteiger partial charge is 0.430 e. The summed E-state index contributed by atoms with van der Waals surface area (Å²) in [6.45, 7) is 4.86. The molecular weight excluding hydrogens is 446 g/mol. The number of rotatable bonds is 8. The second-order valence-electron chi connectivity index (χ2n) is 8.49. The Balaban J connectivity index is 1.60. The molecule has 1 aliphatic carbocycles. The second kappa shape index (κ2) is 10.4. The summed E-state index contributed by atoms with van der Waals surface area (Å²) in [5, 5.41) is 0. The molecule has 2 aromatic rings. The highest BCUT2D eigenvalue weighted by molar-refractivity contribution is 5.64. The standard InChI is InChI=1S/C25H28F6O2/c1-3-32-16(2)17-4-6-18(7-5-17)19-8-10-20(11-9-19)21-12-14-22(15-13-21)33-25(30,31)23(26)24(27,28)29/h8-18,23H,3-7H2,1-2H3. The number of ether oxygens (including phenoxy) is 2. The van der Waals surface area contributed by atoms with Gasteiger partial charge in [-0.25, -0.2) is 4.39 Å². The van der Waals surface area contributed by atoms with Crippen molar-refractivity contribution in [3.8, 4) is 16.9 Å². The average Bonchev–Trinajstić information content (AvgIpc) is 2.79. The molecule has 0 spiro atoms. The molecule has 1 fully saturated rings. The van der Waals surface area contributed by atoms with Crippen LogP contribution >= 0.6 is 0 Å². The van der Waals surface area contributed by atoms with Crippen LogP contribution in [0.4, 0.5) is 26.3 Å². The van der Waals surface area contributed by atoms with E-state index in [1.165, 1.54) is 17.7 Å². The van der Waals surface area contributed by atoms with Crippen molar-refractivity contribution in [1.29, 1.82) is 0 Å². The van der Waals surface area contributed by atoms with E-state index in [0.29, 0.717) is 17.4 Å². The minimum Gasteiger partial charge on any atom is -0.430 e. The largest absolute Gasteiger partial charge is 0.439 e.